The van der Waals surface area contributed by atoms with Crippen molar-refractivity contribution in [2.75, 3.05) is 11.1 Å². The van der Waals surface area contributed by atoms with Gasteiger partial charge in [-0.3, -0.25) is 9.78 Å². The van der Waals surface area contributed by atoms with E-state index in [1.54, 1.807) is 17.8 Å². The van der Waals surface area contributed by atoms with Crippen LogP contribution in [0.5, 0.6) is 0 Å². The molecule has 3 aromatic heterocycles. The fourth-order valence-electron chi connectivity index (χ4n) is 3.87. The number of amides is 1. The zero-order valence-corrected chi connectivity index (χ0v) is 18.5. The Balaban J connectivity index is 0.000000334. The lowest BCUT2D eigenvalue weighted by Crippen LogP contribution is -2.12. The maximum absolute atomic E-state index is 12.7. The first-order chi connectivity index (χ1) is 15.2. The average molecular weight is 434 g/mol. The molecule has 160 valence electrons. The van der Waals surface area contributed by atoms with Gasteiger partial charge in [-0.25, -0.2) is 9.97 Å². The van der Waals surface area contributed by atoms with Crippen LogP contribution in [0.3, 0.4) is 0 Å². The molecule has 0 aliphatic heterocycles. The molecule has 0 atom stereocenters. The molecule has 0 saturated heterocycles. The van der Waals surface area contributed by atoms with E-state index in [9.17, 15) is 4.79 Å². The number of nitrogens with one attached hydrogen (secondary N) is 1. The topological polar surface area (TPSA) is 93.8 Å². The monoisotopic (exact) mass is 433 g/mol. The average Bonchev–Trinajstić information content (AvgIpc) is 3.23. The number of benzene rings is 1. The van der Waals surface area contributed by atoms with Gasteiger partial charge in [0.1, 0.15) is 0 Å². The molecule has 1 aliphatic rings. The first kappa shape index (κ1) is 21.2. The molecule has 1 saturated carbocycles. The summed E-state index contributed by atoms with van der Waals surface area (Å²) in [5.74, 6) is -0.0559. The van der Waals surface area contributed by atoms with Gasteiger partial charge in [-0.15, -0.1) is 11.3 Å². The zero-order valence-electron chi connectivity index (χ0n) is 17.7. The first-order valence-electron chi connectivity index (χ1n) is 10.8. The zero-order chi connectivity index (χ0) is 21.6. The van der Waals surface area contributed by atoms with E-state index in [1.165, 1.54) is 49.9 Å². The smallest absolute Gasteiger partial charge is 0.258 e. The van der Waals surface area contributed by atoms with Crippen molar-refractivity contribution in [3.63, 3.8) is 0 Å². The van der Waals surface area contributed by atoms with E-state index in [-0.39, 0.29) is 11.9 Å². The predicted octanol–water partition coefficient (Wildman–Crippen LogP) is 5.98. The number of pyridine rings is 1. The Hall–Kier alpha value is -3.06. The van der Waals surface area contributed by atoms with Gasteiger partial charge in [0.25, 0.3) is 5.91 Å². The number of nitrogens with two attached hydrogens (primary N) is 1. The van der Waals surface area contributed by atoms with Gasteiger partial charge in [-0.2, -0.15) is 0 Å². The van der Waals surface area contributed by atoms with E-state index in [2.05, 4.69) is 27.2 Å². The maximum Gasteiger partial charge on any atom is 0.258 e. The third-order valence-corrected chi connectivity index (χ3v) is 6.41. The lowest BCUT2D eigenvalue weighted by atomic mass is 10.0. The van der Waals surface area contributed by atoms with Gasteiger partial charge in [-0.1, -0.05) is 51.5 Å². The molecule has 3 heterocycles. The highest BCUT2D eigenvalue weighted by atomic mass is 32.1. The van der Waals surface area contributed by atoms with Crippen LogP contribution < -0.4 is 11.1 Å². The van der Waals surface area contributed by atoms with Crippen molar-refractivity contribution in [2.24, 2.45) is 0 Å². The Morgan fingerprint density at radius 1 is 1.10 bits per heavy atom. The highest BCUT2D eigenvalue weighted by Crippen LogP contribution is 2.27. The molecule has 0 bridgehead atoms. The molecule has 0 spiro atoms. The fourth-order valence-corrected chi connectivity index (χ4v) is 4.72. The molecular formula is C24H27N5OS. The summed E-state index contributed by atoms with van der Waals surface area (Å²) < 4.78 is 0.830. The molecule has 3 N–H and O–H groups in total. The number of thiophene rings is 1. The maximum atomic E-state index is 12.7. The lowest BCUT2D eigenvalue weighted by molar-refractivity contribution is 0.102. The number of hydrogen-bond donors (Lipinski definition) is 2. The standard InChI is InChI=1S/C18H15N5OS.C6H12/c1-2-10-6-12(7-11-4-3-5-20-15(10)11)22-17(24)13-9-25-14-8-21-18(19)23-16(13)14;1-2-4-6-5-3-1/h3-9H,2H2,1H3,(H,22,24)(H2,19,21,23);1-6H2. The fraction of sp³-hybridized carbons (Fsp3) is 0.333. The van der Waals surface area contributed by atoms with Crippen LogP contribution in [0.15, 0.2) is 42.0 Å². The summed E-state index contributed by atoms with van der Waals surface area (Å²) in [6.07, 6.45) is 13.2. The molecule has 31 heavy (non-hydrogen) atoms. The molecule has 1 fully saturated rings. The highest BCUT2D eigenvalue weighted by Gasteiger charge is 2.15. The number of hydrogen-bond acceptors (Lipinski definition) is 6. The highest BCUT2D eigenvalue weighted by molar-refractivity contribution is 7.17. The van der Waals surface area contributed by atoms with Crippen molar-refractivity contribution in [2.45, 2.75) is 51.9 Å². The van der Waals surface area contributed by atoms with Crippen molar-refractivity contribution in [1.82, 2.24) is 15.0 Å². The second-order valence-electron chi connectivity index (χ2n) is 7.73. The second-order valence-corrected chi connectivity index (χ2v) is 8.64. The number of nitrogens with zero attached hydrogens (tertiary/aromatic N) is 3. The number of aryl methyl sites for hydroxylation is 1. The van der Waals surface area contributed by atoms with E-state index < -0.39 is 0 Å². The minimum atomic E-state index is -0.213. The summed E-state index contributed by atoms with van der Waals surface area (Å²) in [4.78, 5) is 25.3. The number of aromatic nitrogens is 3. The molecule has 1 aromatic carbocycles. The first-order valence-corrected chi connectivity index (χ1v) is 11.7. The van der Waals surface area contributed by atoms with Crippen molar-refractivity contribution < 1.29 is 4.79 Å². The van der Waals surface area contributed by atoms with Crippen LogP contribution >= 0.6 is 11.3 Å². The number of nitrogen functional groups attached to an aromatic ring is 1. The normalized spacial score (nSPS) is 13.6. The summed E-state index contributed by atoms with van der Waals surface area (Å²) in [6.45, 7) is 2.07. The van der Waals surface area contributed by atoms with Crippen LogP contribution in [0.1, 0.15) is 61.4 Å². The van der Waals surface area contributed by atoms with E-state index in [1.807, 2.05) is 24.3 Å². The van der Waals surface area contributed by atoms with Crippen molar-refractivity contribution in [3.05, 3.63) is 53.2 Å². The Labute approximate surface area is 185 Å². The van der Waals surface area contributed by atoms with Crippen LogP contribution in [0.25, 0.3) is 21.1 Å². The molecule has 4 aromatic rings. The summed E-state index contributed by atoms with van der Waals surface area (Å²) in [5, 5.41) is 5.74. The summed E-state index contributed by atoms with van der Waals surface area (Å²) in [6, 6.07) is 7.77. The molecular weight excluding hydrogens is 406 g/mol. The van der Waals surface area contributed by atoms with E-state index in [0.29, 0.717) is 11.1 Å². The quantitative estimate of drug-likeness (QED) is 0.415. The lowest BCUT2D eigenvalue weighted by Gasteiger charge is -2.09. The number of carbonyl (C=O) groups excluding carboxylic acids is 1. The van der Waals surface area contributed by atoms with Crippen molar-refractivity contribution >= 4 is 50.0 Å². The van der Waals surface area contributed by atoms with Gasteiger partial charge in [0.05, 0.1) is 27.5 Å². The van der Waals surface area contributed by atoms with Crippen LogP contribution in [0.4, 0.5) is 11.6 Å². The van der Waals surface area contributed by atoms with Crippen LogP contribution in [0, 0.1) is 0 Å². The Kier molecular flexibility index (Phi) is 6.72. The molecule has 1 amide bonds. The predicted molar refractivity (Wildman–Crippen MR) is 129 cm³/mol. The van der Waals surface area contributed by atoms with Gasteiger partial charge in [-0.05, 0) is 30.2 Å². The SMILES string of the molecule is C1CCCCC1.CCc1cc(NC(=O)c2csc3cnc(N)nc23)cc2cccnc12. The second kappa shape index (κ2) is 9.83. The number of fused-ring (bicyclic) bond motifs is 2. The Morgan fingerprint density at radius 3 is 2.55 bits per heavy atom. The molecule has 7 heteroatoms. The summed E-state index contributed by atoms with van der Waals surface area (Å²) >= 11 is 1.42. The van der Waals surface area contributed by atoms with Crippen molar-refractivity contribution in [1.29, 1.82) is 0 Å². The largest absolute Gasteiger partial charge is 0.368 e. The number of carbonyl (C=O) groups is 1. The minimum absolute atomic E-state index is 0.157. The third-order valence-electron chi connectivity index (χ3n) is 5.50. The molecule has 6 nitrogen and oxygen atoms in total. The third kappa shape index (κ3) is 4.99. The molecule has 0 radical (unpaired) electrons. The van der Waals surface area contributed by atoms with Gasteiger partial charge in [0.2, 0.25) is 5.95 Å². The van der Waals surface area contributed by atoms with Gasteiger partial charge in [0, 0.05) is 22.7 Å². The van der Waals surface area contributed by atoms with Gasteiger partial charge >= 0.3 is 0 Å². The minimum Gasteiger partial charge on any atom is -0.368 e. The summed E-state index contributed by atoms with van der Waals surface area (Å²) in [5.41, 5.74) is 9.52. The molecule has 0 unspecified atom stereocenters. The van der Waals surface area contributed by atoms with Crippen LogP contribution in [0.2, 0.25) is 0 Å². The van der Waals surface area contributed by atoms with Gasteiger partial charge in [0.15, 0.2) is 0 Å². The Morgan fingerprint density at radius 2 is 1.84 bits per heavy atom. The van der Waals surface area contributed by atoms with Crippen LogP contribution in [-0.4, -0.2) is 20.9 Å². The van der Waals surface area contributed by atoms with Crippen LogP contribution in [-0.2, 0) is 6.42 Å². The molecule has 5 rings (SSSR count). The van der Waals surface area contributed by atoms with Gasteiger partial charge < -0.3 is 11.1 Å². The molecule has 1 aliphatic carbocycles. The van der Waals surface area contributed by atoms with E-state index in [4.69, 9.17) is 5.73 Å². The van der Waals surface area contributed by atoms with E-state index in [0.717, 1.165) is 33.3 Å². The van der Waals surface area contributed by atoms with Crippen molar-refractivity contribution in [3.8, 4) is 0 Å². The number of anilines is 2. The van der Waals surface area contributed by atoms with E-state index >= 15 is 0 Å². The summed E-state index contributed by atoms with van der Waals surface area (Å²) in [7, 11) is 0. The Bertz CT molecular complexity index is 1190. The number of rotatable bonds is 3.